The molecular formula is C20H14F2N2. The van der Waals surface area contributed by atoms with Gasteiger partial charge >= 0.3 is 0 Å². The van der Waals surface area contributed by atoms with E-state index in [-0.39, 0.29) is 5.82 Å². The van der Waals surface area contributed by atoms with Gasteiger partial charge in [-0.1, -0.05) is 24.3 Å². The van der Waals surface area contributed by atoms with Crippen LogP contribution in [0.4, 0.5) is 8.78 Å². The molecular weight excluding hydrogens is 306 g/mol. The third-order valence-corrected chi connectivity index (χ3v) is 4.01. The normalized spacial score (nSPS) is 17.1. The van der Waals surface area contributed by atoms with E-state index in [1.165, 1.54) is 18.2 Å². The van der Waals surface area contributed by atoms with Gasteiger partial charge in [-0.25, -0.2) is 18.7 Å². The quantitative estimate of drug-likeness (QED) is 0.655. The Balaban J connectivity index is 1.94. The molecule has 4 heteroatoms. The molecule has 0 fully saturated rings. The van der Waals surface area contributed by atoms with E-state index in [2.05, 4.69) is 0 Å². The van der Waals surface area contributed by atoms with E-state index in [1.54, 1.807) is 18.2 Å². The van der Waals surface area contributed by atoms with Crippen LogP contribution in [0.2, 0.25) is 0 Å². The zero-order valence-corrected chi connectivity index (χ0v) is 12.8. The molecule has 1 aliphatic rings. The van der Waals surface area contributed by atoms with Crippen LogP contribution >= 0.6 is 0 Å². The van der Waals surface area contributed by atoms with Crippen molar-refractivity contribution in [3.8, 4) is 11.3 Å². The summed E-state index contributed by atoms with van der Waals surface area (Å²) in [7, 11) is 0. The second kappa shape index (κ2) is 5.96. The Bertz CT molecular complexity index is 959. The highest BCUT2D eigenvalue weighted by Gasteiger charge is 2.16. The van der Waals surface area contributed by atoms with Crippen LogP contribution in [0.15, 0.2) is 66.8 Å². The fourth-order valence-electron chi connectivity index (χ4n) is 2.78. The zero-order chi connectivity index (χ0) is 16.5. The van der Waals surface area contributed by atoms with Crippen molar-refractivity contribution < 1.29 is 8.78 Å². The van der Waals surface area contributed by atoms with Gasteiger partial charge in [-0.05, 0) is 48.0 Å². The van der Waals surface area contributed by atoms with E-state index in [0.29, 0.717) is 17.8 Å². The number of hydrogen-bond donors (Lipinski definition) is 0. The molecule has 0 aliphatic heterocycles. The topological polar surface area (TPSA) is 25.8 Å². The van der Waals surface area contributed by atoms with E-state index in [4.69, 9.17) is 9.97 Å². The van der Waals surface area contributed by atoms with Crippen LogP contribution in [0, 0.1) is 5.82 Å². The summed E-state index contributed by atoms with van der Waals surface area (Å²) in [6.45, 7) is 0. The summed E-state index contributed by atoms with van der Waals surface area (Å²) in [6, 6.07) is 13.8. The molecule has 1 unspecified atom stereocenters. The van der Waals surface area contributed by atoms with Gasteiger partial charge in [-0.15, -0.1) is 0 Å². The number of para-hydroxylation sites is 2. The Morgan fingerprint density at radius 3 is 2.17 bits per heavy atom. The molecule has 4 rings (SSSR count). The first-order chi connectivity index (χ1) is 11.7. The second-order valence-electron chi connectivity index (χ2n) is 5.69. The second-order valence-corrected chi connectivity index (χ2v) is 5.69. The van der Waals surface area contributed by atoms with E-state index in [9.17, 15) is 8.78 Å². The zero-order valence-electron chi connectivity index (χ0n) is 12.8. The first kappa shape index (κ1) is 14.7. The number of alkyl halides is 1. The molecule has 0 saturated carbocycles. The van der Waals surface area contributed by atoms with Gasteiger partial charge < -0.3 is 0 Å². The number of fused-ring (bicyclic) bond motifs is 1. The largest absolute Gasteiger partial charge is 0.244 e. The van der Waals surface area contributed by atoms with Gasteiger partial charge in [0.25, 0.3) is 0 Å². The van der Waals surface area contributed by atoms with Crippen LogP contribution in [0.5, 0.6) is 0 Å². The van der Waals surface area contributed by atoms with Crippen molar-refractivity contribution in [2.75, 3.05) is 0 Å². The van der Waals surface area contributed by atoms with Crippen LogP contribution < -0.4 is 0 Å². The lowest BCUT2D eigenvalue weighted by atomic mass is 9.98. The summed E-state index contributed by atoms with van der Waals surface area (Å²) in [4.78, 5) is 9.44. The van der Waals surface area contributed by atoms with Crippen LogP contribution in [-0.4, -0.2) is 16.1 Å². The number of hydrogen-bond acceptors (Lipinski definition) is 2. The number of halogens is 2. The molecule has 1 atom stereocenters. The molecule has 0 bridgehead atoms. The number of rotatable bonds is 2. The summed E-state index contributed by atoms with van der Waals surface area (Å²) in [5.41, 5.74) is 4.51. The molecule has 0 amide bonds. The first-order valence-corrected chi connectivity index (χ1v) is 7.76. The lowest BCUT2D eigenvalue weighted by molar-refractivity contribution is 0.402. The SMILES string of the molecule is Fc1ccc(-c2nc3ccccc3nc2C2=CCC(F)C=C2)cc1. The number of benzene rings is 2. The third-order valence-electron chi connectivity index (χ3n) is 4.01. The fourth-order valence-corrected chi connectivity index (χ4v) is 2.78. The maximum Gasteiger partial charge on any atom is 0.123 e. The van der Waals surface area contributed by atoms with Crippen molar-refractivity contribution in [1.29, 1.82) is 0 Å². The molecule has 1 heterocycles. The summed E-state index contributed by atoms with van der Waals surface area (Å²) < 4.78 is 26.6. The van der Waals surface area contributed by atoms with Crippen molar-refractivity contribution in [2.24, 2.45) is 0 Å². The van der Waals surface area contributed by atoms with Gasteiger partial charge in [-0.3, -0.25) is 0 Å². The molecule has 1 aromatic heterocycles. The van der Waals surface area contributed by atoms with Gasteiger partial charge in [0.15, 0.2) is 0 Å². The third kappa shape index (κ3) is 2.71. The van der Waals surface area contributed by atoms with E-state index < -0.39 is 6.17 Å². The standard InChI is InChI=1S/C20H14F2N2/c21-15-9-5-13(6-10-15)19-20(14-7-11-16(22)12-8-14)24-18-4-2-1-3-17(18)23-19/h1-11,16H,12H2. The summed E-state index contributed by atoms with van der Waals surface area (Å²) >= 11 is 0. The highest BCUT2D eigenvalue weighted by atomic mass is 19.1. The predicted molar refractivity (Wildman–Crippen MR) is 91.6 cm³/mol. The average molecular weight is 320 g/mol. The maximum absolute atomic E-state index is 13.4. The highest BCUT2D eigenvalue weighted by Crippen LogP contribution is 2.31. The smallest absolute Gasteiger partial charge is 0.123 e. The molecule has 1 aliphatic carbocycles. The summed E-state index contributed by atoms with van der Waals surface area (Å²) in [5, 5.41) is 0. The highest BCUT2D eigenvalue weighted by molar-refractivity contribution is 5.87. The van der Waals surface area contributed by atoms with Crippen molar-refractivity contribution in [2.45, 2.75) is 12.6 Å². The van der Waals surface area contributed by atoms with Crippen LogP contribution in [0.1, 0.15) is 12.1 Å². The van der Waals surface area contributed by atoms with Crippen LogP contribution in [0.3, 0.4) is 0 Å². The first-order valence-electron chi connectivity index (χ1n) is 7.76. The minimum Gasteiger partial charge on any atom is -0.244 e. The lowest BCUT2D eigenvalue weighted by Crippen LogP contribution is -2.03. The van der Waals surface area contributed by atoms with E-state index in [0.717, 1.165) is 22.2 Å². The predicted octanol–water partition coefficient (Wildman–Crippen LogP) is 5.12. The fraction of sp³-hybridized carbons (Fsp3) is 0.100. The minimum absolute atomic E-state index is 0.300. The van der Waals surface area contributed by atoms with Crippen LogP contribution in [-0.2, 0) is 0 Å². The number of aromatic nitrogens is 2. The monoisotopic (exact) mass is 320 g/mol. The van der Waals surface area contributed by atoms with Crippen molar-refractivity contribution in [3.05, 3.63) is 78.3 Å². The van der Waals surface area contributed by atoms with Crippen molar-refractivity contribution in [1.82, 2.24) is 9.97 Å². The van der Waals surface area contributed by atoms with Crippen LogP contribution in [0.25, 0.3) is 27.9 Å². The van der Waals surface area contributed by atoms with Gasteiger partial charge in [0.2, 0.25) is 0 Å². The number of allylic oxidation sites excluding steroid dienone is 4. The molecule has 2 nitrogen and oxygen atoms in total. The van der Waals surface area contributed by atoms with E-state index >= 15 is 0 Å². The summed E-state index contributed by atoms with van der Waals surface area (Å²) in [5.74, 6) is -0.300. The Labute approximate surface area is 138 Å². The Kier molecular flexibility index (Phi) is 3.65. The molecule has 24 heavy (non-hydrogen) atoms. The lowest BCUT2D eigenvalue weighted by Gasteiger charge is -2.14. The molecule has 3 aromatic rings. The number of nitrogens with zero attached hydrogens (tertiary/aromatic N) is 2. The Morgan fingerprint density at radius 1 is 0.875 bits per heavy atom. The molecule has 0 saturated heterocycles. The van der Waals surface area contributed by atoms with Gasteiger partial charge in [0, 0.05) is 12.0 Å². The van der Waals surface area contributed by atoms with Gasteiger partial charge in [0.1, 0.15) is 12.0 Å². The van der Waals surface area contributed by atoms with Gasteiger partial charge in [-0.2, -0.15) is 0 Å². The minimum atomic E-state index is -0.962. The molecule has 0 radical (unpaired) electrons. The molecule has 0 N–H and O–H groups in total. The average Bonchev–Trinajstić information content (AvgIpc) is 2.62. The van der Waals surface area contributed by atoms with Crippen molar-refractivity contribution >= 4 is 16.6 Å². The maximum atomic E-state index is 13.4. The van der Waals surface area contributed by atoms with Crippen molar-refractivity contribution in [3.63, 3.8) is 0 Å². The molecule has 118 valence electrons. The van der Waals surface area contributed by atoms with E-state index in [1.807, 2.05) is 30.3 Å². The molecule has 0 spiro atoms. The Morgan fingerprint density at radius 2 is 1.54 bits per heavy atom. The summed E-state index contributed by atoms with van der Waals surface area (Å²) in [6.07, 6.45) is 4.46. The molecule has 2 aromatic carbocycles. The Hall–Kier alpha value is -2.88. The van der Waals surface area contributed by atoms with Gasteiger partial charge in [0.05, 0.1) is 22.4 Å².